The van der Waals surface area contributed by atoms with Gasteiger partial charge in [0, 0.05) is 49.9 Å². The number of aliphatic imine (C=N–C) groups is 1. The normalized spacial score (nSPS) is 12.4. The molecular weight excluding hydrogens is 372 g/mol. The van der Waals surface area contributed by atoms with Gasteiger partial charge in [0.05, 0.1) is 0 Å². The van der Waals surface area contributed by atoms with Gasteiger partial charge in [0.1, 0.15) is 5.75 Å². The van der Waals surface area contributed by atoms with Crippen molar-refractivity contribution in [3.63, 3.8) is 0 Å². The maximum Gasteiger partial charge on any atom is 0.259 e. The molecule has 0 spiro atoms. The summed E-state index contributed by atoms with van der Waals surface area (Å²) < 4.78 is 5.57. The monoisotopic (exact) mass is 402 g/mol. The number of hydrogen-bond donors (Lipinski definition) is 2. The average Bonchev–Trinajstić information content (AvgIpc) is 3.07. The van der Waals surface area contributed by atoms with Crippen LogP contribution in [0.25, 0.3) is 0 Å². The van der Waals surface area contributed by atoms with Crippen LogP contribution in [0.3, 0.4) is 0 Å². The predicted octanol–water partition coefficient (Wildman–Crippen LogP) is 2.82. The summed E-state index contributed by atoms with van der Waals surface area (Å²) >= 11 is 1.83. The lowest BCUT2D eigenvalue weighted by molar-refractivity contribution is -0.130. The number of likely N-dealkylation sites (N-methyl/N-ethyl adjacent to an activating group) is 1. The number of nitrogens with one attached hydrogen (secondary N) is 2. The number of thiophene rings is 1. The van der Waals surface area contributed by atoms with Crippen LogP contribution in [0.1, 0.15) is 22.2 Å². The summed E-state index contributed by atoms with van der Waals surface area (Å²) in [5, 5.41) is 6.76. The second-order valence-electron chi connectivity index (χ2n) is 6.91. The highest BCUT2D eigenvalue weighted by atomic mass is 32.1. The molecule has 0 fully saturated rings. The van der Waals surface area contributed by atoms with E-state index in [1.54, 1.807) is 21.1 Å². The molecule has 0 bridgehead atoms. The van der Waals surface area contributed by atoms with E-state index in [1.165, 1.54) is 14.7 Å². The molecule has 152 valence electrons. The first-order valence-electron chi connectivity index (χ1n) is 9.31. The van der Waals surface area contributed by atoms with Gasteiger partial charge in [0.15, 0.2) is 12.6 Å². The number of benzene rings is 1. The number of ether oxygens (including phenoxy) is 1. The van der Waals surface area contributed by atoms with E-state index < -0.39 is 0 Å². The standard InChI is InChI=1S/C21H30N4O2S/c1-15(11-19-10-9-16(2)28-19)24-21(22-3)23-13-17-7-6-8-18(12-17)27-14-20(26)25(4)5/h6-10,12,15H,11,13-14H2,1-5H3,(H2,22,23,24). The number of carbonyl (C=O) groups excluding carboxylic acids is 1. The van der Waals surface area contributed by atoms with Crippen molar-refractivity contribution in [2.75, 3.05) is 27.7 Å². The van der Waals surface area contributed by atoms with Gasteiger partial charge in [-0.05, 0) is 43.7 Å². The molecule has 1 unspecified atom stereocenters. The molecule has 6 nitrogen and oxygen atoms in total. The molecule has 2 N–H and O–H groups in total. The zero-order chi connectivity index (χ0) is 20.5. The molecule has 7 heteroatoms. The fourth-order valence-corrected chi connectivity index (χ4v) is 3.60. The molecule has 0 saturated carbocycles. The first kappa shape index (κ1) is 21.8. The van der Waals surface area contributed by atoms with Crippen molar-refractivity contribution < 1.29 is 9.53 Å². The lowest BCUT2D eigenvalue weighted by atomic mass is 10.2. The van der Waals surface area contributed by atoms with Gasteiger partial charge in [-0.15, -0.1) is 11.3 Å². The van der Waals surface area contributed by atoms with Crippen LogP contribution in [-0.2, 0) is 17.8 Å². The Morgan fingerprint density at radius 1 is 1.29 bits per heavy atom. The molecule has 2 rings (SSSR count). The van der Waals surface area contributed by atoms with Gasteiger partial charge in [-0.3, -0.25) is 9.79 Å². The minimum Gasteiger partial charge on any atom is -0.484 e. The van der Waals surface area contributed by atoms with E-state index in [0.29, 0.717) is 12.3 Å². The lowest BCUT2D eigenvalue weighted by Gasteiger charge is -2.18. The summed E-state index contributed by atoms with van der Waals surface area (Å²) in [4.78, 5) is 20.2. The lowest BCUT2D eigenvalue weighted by Crippen LogP contribution is -2.42. The zero-order valence-corrected chi connectivity index (χ0v) is 18.1. The molecule has 28 heavy (non-hydrogen) atoms. The summed E-state index contributed by atoms with van der Waals surface area (Å²) in [6, 6.07) is 12.3. The molecule has 1 amide bonds. The minimum absolute atomic E-state index is 0.0345. The maximum absolute atomic E-state index is 11.7. The van der Waals surface area contributed by atoms with E-state index in [9.17, 15) is 4.79 Å². The number of amides is 1. The van der Waals surface area contributed by atoms with Gasteiger partial charge >= 0.3 is 0 Å². The second kappa shape index (κ2) is 10.7. The van der Waals surface area contributed by atoms with Crippen LogP contribution in [0.15, 0.2) is 41.4 Å². The summed E-state index contributed by atoms with van der Waals surface area (Å²) in [7, 11) is 5.19. The largest absolute Gasteiger partial charge is 0.484 e. The number of carbonyl (C=O) groups is 1. The van der Waals surface area contributed by atoms with Gasteiger partial charge in [-0.25, -0.2) is 0 Å². The Labute approximate surface area is 171 Å². The number of hydrogen-bond acceptors (Lipinski definition) is 4. The van der Waals surface area contributed by atoms with Gasteiger partial charge in [0.2, 0.25) is 0 Å². The van der Waals surface area contributed by atoms with Gasteiger partial charge in [-0.1, -0.05) is 12.1 Å². The Hall–Kier alpha value is -2.54. The van der Waals surface area contributed by atoms with E-state index in [0.717, 1.165) is 17.9 Å². The zero-order valence-electron chi connectivity index (χ0n) is 17.3. The third-order valence-electron chi connectivity index (χ3n) is 4.13. The van der Waals surface area contributed by atoms with Gasteiger partial charge in [0.25, 0.3) is 5.91 Å². The van der Waals surface area contributed by atoms with E-state index in [2.05, 4.69) is 41.6 Å². The fraction of sp³-hybridized carbons (Fsp3) is 0.429. The van der Waals surface area contributed by atoms with Crippen LogP contribution in [0.2, 0.25) is 0 Å². The van der Waals surface area contributed by atoms with E-state index >= 15 is 0 Å². The van der Waals surface area contributed by atoms with Crippen LogP contribution in [0, 0.1) is 6.92 Å². The van der Waals surface area contributed by atoms with Crippen molar-refractivity contribution in [3.8, 4) is 5.75 Å². The third kappa shape index (κ3) is 7.23. The van der Waals surface area contributed by atoms with Crippen molar-refractivity contribution in [2.45, 2.75) is 32.9 Å². The Morgan fingerprint density at radius 3 is 2.71 bits per heavy atom. The third-order valence-corrected chi connectivity index (χ3v) is 5.15. The molecule has 1 aromatic carbocycles. The highest BCUT2D eigenvalue weighted by molar-refractivity contribution is 7.11. The van der Waals surface area contributed by atoms with Crippen molar-refractivity contribution in [1.29, 1.82) is 0 Å². The van der Waals surface area contributed by atoms with Crippen LogP contribution in [-0.4, -0.2) is 50.6 Å². The Bertz CT molecular complexity index is 801. The predicted molar refractivity (Wildman–Crippen MR) is 116 cm³/mol. The highest BCUT2D eigenvalue weighted by Gasteiger charge is 2.09. The molecule has 1 heterocycles. The second-order valence-corrected chi connectivity index (χ2v) is 8.28. The Kier molecular flexibility index (Phi) is 8.32. The molecular formula is C21H30N4O2S. The van der Waals surface area contributed by atoms with Crippen LogP contribution in [0.5, 0.6) is 5.75 Å². The molecule has 0 aliphatic carbocycles. The summed E-state index contributed by atoms with van der Waals surface area (Å²) in [6.45, 7) is 4.93. The topological polar surface area (TPSA) is 66.0 Å². The van der Waals surface area contributed by atoms with Crippen LogP contribution >= 0.6 is 11.3 Å². The molecule has 1 aromatic heterocycles. The van der Waals surface area contributed by atoms with Crippen molar-refractivity contribution in [1.82, 2.24) is 15.5 Å². The minimum atomic E-state index is -0.0666. The Balaban J connectivity index is 1.83. The van der Waals surface area contributed by atoms with Crippen molar-refractivity contribution >= 4 is 23.2 Å². The van der Waals surface area contributed by atoms with Gasteiger partial charge in [-0.2, -0.15) is 0 Å². The first-order valence-corrected chi connectivity index (χ1v) is 10.1. The number of nitrogens with zero attached hydrogens (tertiary/aromatic N) is 2. The molecule has 1 atom stereocenters. The van der Waals surface area contributed by atoms with Crippen molar-refractivity contribution in [2.24, 2.45) is 4.99 Å². The molecule has 0 aliphatic heterocycles. The average molecular weight is 403 g/mol. The van der Waals surface area contributed by atoms with Crippen LogP contribution < -0.4 is 15.4 Å². The first-order chi connectivity index (χ1) is 13.4. The highest BCUT2D eigenvalue weighted by Crippen LogP contribution is 2.17. The summed E-state index contributed by atoms with van der Waals surface area (Å²) in [5.41, 5.74) is 1.05. The van der Waals surface area contributed by atoms with E-state index in [-0.39, 0.29) is 18.6 Å². The maximum atomic E-state index is 11.7. The van der Waals surface area contributed by atoms with E-state index in [1.807, 2.05) is 35.6 Å². The fourth-order valence-electron chi connectivity index (χ4n) is 2.58. The molecule has 0 aliphatic rings. The Morgan fingerprint density at radius 2 is 2.07 bits per heavy atom. The smallest absolute Gasteiger partial charge is 0.259 e. The SMILES string of the molecule is CN=C(NCc1cccc(OCC(=O)N(C)C)c1)NC(C)Cc1ccc(C)s1. The number of aryl methyl sites for hydroxylation is 1. The molecule has 2 aromatic rings. The number of guanidine groups is 1. The molecule has 0 radical (unpaired) electrons. The van der Waals surface area contributed by atoms with E-state index in [4.69, 9.17) is 4.74 Å². The number of rotatable bonds is 8. The quantitative estimate of drug-likeness (QED) is 0.526. The van der Waals surface area contributed by atoms with Crippen molar-refractivity contribution in [3.05, 3.63) is 51.7 Å². The van der Waals surface area contributed by atoms with Crippen LogP contribution in [0.4, 0.5) is 0 Å². The van der Waals surface area contributed by atoms with Gasteiger partial charge < -0.3 is 20.3 Å². The molecule has 0 saturated heterocycles. The summed E-state index contributed by atoms with van der Waals surface area (Å²) in [6.07, 6.45) is 0.961. The summed E-state index contributed by atoms with van der Waals surface area (Å²) in [5.74, 6) is 1.37.